The Morgan fingerprint density at radius 3 is 2.65 bits per heavy atom. The van der Waals surface area contributed by atoms with Crippen molar-refractivity contribution in [2.24, 2.45) is 0 Å². The summed E-state index contributed by atoms with van der Waals surface area (Å²) in [6.07, 6.45) is 0. The number of nitrogens with one attached hydrogen (secondary N) is 1. The van der Waals surface area contributed by atoms with Crippen molar-refractivity contribution >= 4 is 5.69 Å². The molecule has 94 valence electrons. The molecular weight excluding hydrogens is 220 g/mol. The predicted octanol–water partition coefficient (Wildman–Crippen LogP) is 2.28. The first-order valence-electron chi connectivity index (χ1n) is 5.54. The van der Waals surface area contributed by atoms with Gasteiger partial charge in [0.05, 0.1) is 11.5 Å². The lowest BCUT2D eigenvalue weighted by Crippen LogP contribution is -2.32. The molecule has 0 amide bonds. The number of nitro benzene ring substituents is 1. The summed E-state index contributed by atoms with van der Waals surface area (Å²) in [7, 11) is 1.63. The summed E-state index contributed by atoms with van der Waals surface area (Å²) in [5.41, 5.74) is 0.845. The number of para-hydroxylation sites is 1. The summed E-state index contributed by atoms with van der Waals surface area (Å²) in [5, 5.41) is 14.2. The number of hydrogen-bond acceptors (Lipinski definition) is 4. The van der Waals surface area contributed by atoms with Crippen molar-refractivity contribution < 1.29 is 9.66 Å². The van der Waals surface area contributed by atoms with E-state index < -0.39 is 0 Å². The normalized spacial score (nSPS) is 14.3. The Bertz CT molecular complexity index is 382. The fourth-order valence-electron chi connectivity index (χ4n) is 1.83. The maximum atomic E-state index is 10.9. The van der Waals surface area contributed by atoms with E-state index in [1.165, 1.54) is 6.07 Å². The van der Waals surface area contributed by atoms with Crippen molar-refractivity contribution in [1.82, 2.24) is 5.32 Å². The lowest BCUT2D eigenvalue weighted by molar-refractivity contribution is -0.385. The lowest BCUT2D eigenvalue weighted by atomic mass is 10.1. The summed E-state index contributed by atoms with van der Waals surface area (Å²) in [6, 6.07) is 6.84. The Balaban J connectivity index is 2.81. The average molecular weight is 238 g/mol. The maximum absolute atomic E-state index is 10.9. The molecule has 0 aliphatic heterocycles. The maximum Gasteiger partial charge on any atom is 0.274 e. The van der Waals surface area contributed by atoms with Crippen LogP contribution in [0.3, 0.4) is 0 Å². The van der Waals surface area contributed by atoms with Gasteiger partial charge in [-0.05, 0) is 13.8 Å². The Hall–Kier alpha value is -1.46. The summed E-state index contributed by atoms with van der Waals surface area (Å²) in [6.45, 7) is 4.47. The SMILES string of the molecule is COCC(C)NC(C)c1ccccc1[N+](=O)[O-]. The minimum absolute atomic E-state index is 0.0817. The van der Waals surface area contributed by atoms with E-state index in [1.54, 1.807) is 19.2 Å². The van der Waals surface area contributed by atoms with Crippen LogP contribution in [-0.4, -0.2) is 24.7 Å². The van der Waals surface area contributed by atoms with Gasteiger partial charge < -0.3 is 10.1 Å². The number of hydrogen-bond donors (Lipinski definition) is 1. The molecule has 0 spiro atoms. The van der Waals surface area contributed by atoms with Gasteiger partial charge in [0.2, 0.25) is 0 Å². The molecule has 0 aliphatic rings. The average Bonchev–Trinajstić information content (AvgIpc) is 2.29. The first-order chi connectivity index (χ1) is 8.06. The zero-order valence-corrected chi connectivity index (χ0v) is 10.3. The summed E-state index contributed by atoms with van der Waals surface area (Å²) < 4.78 is 5.02. The van der Waals surface area contributed by atoms with Crippen molar-refractivity contribution in [2.45, 2.75) is 25.9 Å². The fourth-order valence-corrected chi connectivity index (χ4v) is 1.83. The number of rotatable bonds is 6. The molecule has 2 unspecified atom stereocenters. The quantitative estimate of drug-likeness (QED) is 0.610. The molecule has 0 radical (unpaired) electrons. The van der Waals surface area contributed by atoms with Gasteiger partial charge in [0.15, 0.2) is 0 Å². The van der Waals surface area contributed by atoms with Gasteiger partial charge in [-0.3, -0.25) is 10.1 Å². The van der Waals surface area contributed by atoms with Gasteiger partial charge in [-0.2, -0.15) is 0 Å². The van der Waals surface area contributed by atoms with Gasteiger partial charge in [-0.1, -0.05) is 18.2 Å². The fraction of sp³-hybridized carbons (Fsp3) is 0.500. The lowest BCUT2D eigenvalue weighted by Gasteiger charge is -2.19. The largest absolute Gasteiger partial charge is 0.383 e. The van der Waals surface area contributed by atoms with Crippen LogP contribution in [0.15, 0.2) is 24.3 Å². The highest BCUT2D eigenvalue weighted by Crippen LogP contribution is 2.24. The summed E-state index contributed by atoms with van der Waals surface area (Å²) in [5.74, 6) is 0. The van der Waals surface area contributed by atoms with Crippen LogP contribution in [0.25, 0.3) is 0 Å². The standard InChI is InChI=1S/C12H18N2O3/c1-9(8-17-3)13-10(2)11-6-4-5-7-12(11)14(15)16/h4-7,9-10,13H,8H2,1-3H3. The van der Waals surface area contributed by atoms with Gasteiger partial charge in [0.25, 0.3) is 5.69 Å². The topological polar surface area (TPSA) is 64.4 Å². The molecule has 5 nitrogen and oxygen atoms in total. The Labute approximate surface area is 101 Å². The van der Waals surface area contributed by atoms with E-state index in [0.29, 0.717) is 12.2 Å². The van der Waals surface area contributed by atoms with E-state index >= 15 is 0 Å². The van der Waals surface area contributed by atoms with Crippen LogP contribution in [0.5, 0.6) is 0 Å². The van der Waals surface area contributed by atoms with Crippen LogP contribution >= 0.6 is 0 Å². The molecule has 0 heterocycles. The van der Waals surface area contributed by atoms with Crippen molar-refractivity contribution in [1.29, 1.82) is 0 Å². The zero-order valence-electron chi connectivity index (χ0n) is 10.3. The Kier molecular flexibility index (Phi) is 5.06. The third-order valence-corrected chi connectivity index (χ3v) is 2.55. The molecule has 0 saturated carbocycles. The molecule has 1 aromatic carbocycles. The van der Waals surface area contributed by atoms with Crippen LogP contribution < -0.4 is 5.32 Å². The number of nitro groups is 1. The molecule has 2 atom stereocenters. The van der Waals surface area contributed by atoms with E-state index in [4.69, 9.17) is 4.74 Å². The second kappa shape index (κ2) is 6.32. The van der Waals surface area contributed by atoms with Gasteiger partial charge in [0, 0.05) is 30.8 Å². The molecule has 0 fully saturated rings. The zero-order chi connectivity index (χ0) is 12.8. The number of methoxy groups -OCH3 is 1. The van der Waals surface area contributed by atoms with Crippen LogP contribution in [-0.2, 0) is 4.74 Å². The minimum atomic E-state index is -0.353. The van der Waals surface area contributed by atoms with Gasteiger partial charge in [-0.15, -0.1) is 0 Å². The van der Waals surface area contributed by atoms with Crippen LogP contribution in [0.2, 0.25) is 0 Å². The second-order valence-corrected chi connectivity index (χ2v) is 4.06. The smallest absolute Gasteiger partial charge is 0.274 e. The molecule has 1 N–H and O–H groups in total. The highest BCUT2D eigenvalue weighted by molar-refractivity contribution is 5.41. The van der Waals surface area contributed by atoms with Crippen molar-refractivity contribution in [2.75, 3.05) is 13.7 Å². The minimum Gasteiger partial charge on any atom is -0.383 e. The van der Waals surface area contributed by atoms with Crippen LogP contribution in [0.1, 0.15) is 25.5 Å². The summed E-state index contributed by atoms with van der Waals surface area (Å²) in [4.78, 5) is 10.5. The van der Waals surface area contributed by atoms with E-state index in [9.17, 15) is 10.1 Å². The highest BCUT2D eigenvalue weighted by atomic mass is 16.6. The van der Waals surface area contributed by atoms with Crippen molar-refractivity contribution in [3.8, 4) is 0 Å². The van der Waals surface area contributed by atoms with Crippen LogP contribution in [0, 0.1) is 10.1 Å². The molecule has 0 bridgehead atoms. The molecule has 17 heavy (non-hydrogen) atoms. The van der Waals surface area contributed by atoms with Gasteiger partial charge in [-0.25, -0.2) is 0 Å². The third-order valence-electron chi connectivity index (χ3n) is 2.55. The van der Waals surface area contributed by atoms with E-state index in [1.807, 2.05) is 19.9 Å². The predicted molar refractivity (Wildman–Crippen MR) is 66.0 cm³/mol. The Morgan fingerprint density at radius 2 is 2.06 bits per heavy atom. The van der Waals surface area contributed by atoms with Crippen molar-refractivity contribution in [3.63, 3.8) is 0 Å². The highest BCUT2D eigenvalue weighted by Gasteiger charge is 2.18. The van der Waals surface area contributed by atoms with E-state index in [-0.39, 0.29) is 22.7 Å². The monoisotopic (exact) mass is 238 g/mol. The first kappa shape index (κ1) is 13.6. The second-order valence-electron chi connectivity index (χ2n) is 4.06. The van der Waals surface area contributed by atoms with Gasteiger partial charge in [0.1, 0.15) is 0 Å². The first-order valence-corrected chi connectivity index (χ1v) is 5.54. The number of nitrogens with zero attached hydrogens (tertiary/aromatic N) is 1. The molecule has 0 saturated heterocycles. The molecule has 1 aromatic rings. The summed E-state index contributed by atoms with van der Waals surface area (Å²) >= 11 is 0. The molecule has 0 aliphatic carbocycles. The third kappa shape index (κ3) is 3.80. The van der Waals surface area contributed by atoms with E-state index in [0.717, 1.165) is 0 Å². The van der Waals surface area contributed by atoms with Crippen LogP contribution in [0.4, 0.5) is 5.69 Å². The Morgan fingerprint density at radius 1 is 1.41 bits per heavy atom. The van der Waals surface area contributed by atoms with E-state index in [2.05, 4.69) is 5.32 Å². The molecule has 0 aromatic heterocycles. The molecule has 1 rings (SSSR count). The van der Waals surface area contributed by atoms with Crippen molar-refractivity contribution in [3.05, 3.63) is 39.9 Å². The molecule has 5 heteroatoms. The number of ether oxygens (including phenoxy) is 1. The molecular formula is C12H18N2O3. The van der Waals surface area contributed by atoms with Gasteiger partial charge >= 0.3 is 0 Å². The number of benzene rings is 1.